The first-order valence-electron chi connectivity index (χ1n) is 9.72. The zero-order chi connectivity index (χ0) is 20.2. The highest BCUT2D eigenvalue weighted by Gasteiger charge is 2.05. The van der Waals surface area contributed by atoms with Crippen molar-refractivity contribution in [2.75, 3.05) is 0 Å². The fourth-order valence-electron chi connectivity index (χ4n) is 3.30. The molecule has 0 aliphatic heterocycles. The van der Waals surface area contributed by atoms with E-state index in [4.69, 9.17) is 9.97 Å². The molecule has 5 aromatic rings. The Bertz CT molecular complexity index is 1270. The smallest absolute Gasteiger partial charge is 0.0972 e. The van der Waals surface area contributed by atoms with Crippen molar-refractivity contribution < 1.29 is 0 Å². The second-order valence-corrected chi connectivity index (χ2v) is 6.92. The second-order valence-electron chi connectivity index (χ2n) is 6.92. The van der Waals surface area contributed by atoms with Crippen molar-refractivity contribution in [2.24, 2.45) is 0 Å². The van der Waals surface area contributed by atoms with Gasteiger partial charge in [0.25, 0.3) is 0 Å². The molecule has 1 aromatic carbocycles. The Morgan fingerprint density at radius 3 is 1.40 bits per heavy atom. The maximum atomic E-state index is 4.87. The zero-order valence-electron chi connectivity index (χ0n) is 16.2. The third kappa shape index (κ3) is 3.84. The number of hydrogen-bond acceptors (Lipinski definition) is 4. The van der Waals surface area contributed by atoms with Crippen LogP contribution in [0.5, 0.6) is 0 Å². The van der Waals surface area contributed by atoms with Crippen molar-refractivity contribution in [1.82, 2.24) is 19.9 Å². The first kappa shape index (κ1) is 17.9. The molecular formula is C26H18N4. The first-order chi connectivity index (χ1) is 14.8. The van der Waals surface area contributed by atoms with Crippen LogP contribution in [0.1, 0.15) is 22.5 Å². The van der Waals surface area contributed by atoms with Gasteiger partial charge in [-0.15, -0.1) is 0 Å². The van der Waals surface area contributed by atoms with E-state index in [2.05, 4.69) is 34.2 Å². The molecule has 0 radical (unpaired) electrons. The number of rotatable bonds is 4. The number of pyridine rings is 4. The predicted molar refractivity (Wildman–Crippen MR) is 123 cm³/mol. The van der Waals surface area contributed by atoms with E-state index < -0.39 is 0 Å². The molecule has 4 heteroatoms. The lowest BCUT2D eigenvalue weighted by molar-refractivity contribution is 1.31. The Hall–Kier alpha value is -4.18. The maximum Gasteiger partial charge on any atom is 0.0972 e. The zero-order valence-corrected chi connectivity index (χ0v) is 16.2. The summed E-state index contributed by atoms with van der Waals surface area (Å²) >= 11 is 0. The van der Waals surface area contributed by atoms with Crippen LogP contribution < -0.4 is 0 Å². The summed E-state index contributed by atoms with van der Waals surface area (Å²) in [4.78, 5) is 18.0. The van der Waals surface area contributed by atoms with Gasteiger partial charge in [-0.1, -0.05) is 48.6 Å². The van der Waals surface area contributed by atoms with E-state index in [1.165, 1.54) is 0 Å². The van der Waals surface area contributed by atoms with Crippen molar-refractivity contribution in [3.8, 4) is 0 Å². The molecule has 0 fully saturated rings. The predicted octanol–water partition coefficient (Wildman–Crippen LogP) is 5.91. The van der Waals surface area contributed by atoms with Crippen molar-refractivity contribution in [3.05, 3.63) is 108 Å². The largest absolute Gasteiger partial charge is 0.264 e. The van der Waals surface area contributed by atoms with Crippen molar-refractivity contribution in [2.45, 2.75) is 0 Å². The van der Waals surface area contributed by atoms with Crippen LogP contribution in [-0.4, -0.2) is 19.9 Å². The van der Waals surface area contributed by atoms with Gasteiger partial charge in [0, 0.05) is 35.6 Å². The molecule has 0 N–H and O–H groups in total. The number of aromatic nitrogens is 4. The summed E-state index contributed by atoms with van der Waals surface area (Å²) in [6.45, 7) is 0. The number of fused-ring (bicyclic) bond motifs is 3. The van der Waals surface area contributed by atoms with Crippen LogP contribution >= 0.6 is 0 Å². The number of hydrogen-bond donors (Lipinski definition) is 0. The standard InChI is InChI=1S/C26H18N4/c1-3-19(17-27-15-1)5-11-23-13-9-21-7-8-22-10-14-24(30-26(22)25(21)29-23)12-6-20-4-2-16-28-18-20/h1-18H/b11-5+,12-6+. The van der Waals surface area contributed by atoms with Crippen LogP contribution in [0, 0.1) is 0 Å². The van der Waals surface area contributed by atoms with Crippen LogP contribution in [-0.2, 0) is 0 Å². The Kier molecular flexibility index (Phi) is 4.80. The molecule has 0 atom stereocenters. The molecule has 4 aromatic heterocycles. The topological polar surface area (TPSA) is 51.6 Å². The Labute approximate surface area is 174 Å². The van der Waals surface area contributed by atoms with E-state index in [1.807, 2.05) is 73.1 Å². The maximum absolute atomic E-state index is 4.87. The summed E-state index contributed by atoms with van der Waals surface area (Å²) in [6, 6.07) is 20.3. The molecule has 0 aliphatic rings. The highest BCUT2D eigenvalue weighted by atomic mass is 14.8. The fourth-order valence-corrected chi connectivity index (χ4v) is 3.30. The normalized spacial score (nSPS) is 11.7. The van der Waals surface area contributed by atoms with Gasteiger partial charge in [-0.25, -0.2) is 9.97 Å². The average Bonchev–Trinajstić information content (AvgIpc) is 2.82. The van der Waals surface area contributed by atoms with E-state index in [9.17, 15) is 0 Å². The van der Waals surface area contributed by atoms with E-state index in [0.29, 0.717) is 0 Å². The van der Waals surface area contributed by atoms with Gasteiger partial charge in [0.2, 0.25) is 0 Å². The molecule has 0 spiro atoms. The van der Waals surface area contributed by atoms with Crippen molar-refractivity contribution >= 4 is 46.1 Å². The summed E-state index contributed by atoms with van der Waals surface area (Å²) in [5.74, 6) is 0. The summed E-state index contributed by atoms with van der Waals surface area (Å²) in [5, 5.41) is 2.14. The molecule has 0 saturated carbocycles. The van der Waals surface area contributed by atoms with Crippen LogP contribution in [0.15, 0.2) is 85.5 Å². The Morgan fingerprint density at radius 2 is 0.967 bits per heavy atom. The van der Waals surface area contributed by atoms with E-state index in [-0.39, 0.29) is 0 Å². The van der Waals surface area contributed by atoms with Crippen LogP contribution in [0.25, 0.3) is 46.1 Å². The van der Waals surface area contributed by atoms with Gasteiger partial charge in [0.15, 0.2) is 0 Å². The molecular weight excluding hydrogens is 368 g/mol. The monoisotopic (exact) mass is 386 g/mol. The molecule has 0 unspecified atom stereocenters. The van der Waals surface area contributed by atoms with E-state index >= 15 is 0 Å². The summed E-state index contributed by atoms with van der Waals surface area (Å²) in [5.41, 5.74) is 5.65. The lowest BCUT2D eigenvalue weighted by Crippen LogP contribution is -1.90. The van der Waals surface area contributed by atoms with Gasteiger partial charge in [0.1, 0.15) is 0 Å². The van der Waals surface area contributed by atoms with E-state index in [1.54, 1.807) is 12.4 Å². The van der Waals surface area contributed by atoms with Gasteiger partial charge in [-0.3, -0.25) is 9.97 Å². The first-order valence-corrected chi connectivity index (χ1v) is 9.72. The lowest BCUT2D eigenvalue weighted by Gasteiger charge is -2.05. The molecule has 0 bridgehead atoms. The van der Waals surface area contributed by atoms with Gasteiger partial charge in [-0.2, -0.15) is 0 Å². The second kappa shape index (κ2) is 8.05. The molecule has 4 heterocycles. The van der Waals surface area contributed by atoms with Gasteiger partial charge in [-0.05, 0) is 47.5 Å². The molecule has 0 amide bonds. The van der Waals surface area contributed by atoms with Gasteiger partial charge < -0.3 is 0 Å². The SMILES string of the molecule is C(=C\c1ccc2ccc3ccc(/C=C/c4cccnc4)nc3c2n1)/c1cccnc1. The highest BCUT2D eigenvalue weighted by molar-refractivity contribution is 6.03. The number of nitrogens with zero attached hydrogens (tertiary/aromatic N) is 4. The van der Waals surface area contributed by atoms with Crippen LogP contribution in [0.4, 0.5) is 0 Å². The summed E-state index contributed by atoms with van der Waals surface area (Å²) in [7, 11) is 0. The molecule has 30 heavy (non-hydrogen) atoms. The third-order valence-corrected chi connectivity index (χ3v) is 4.82. The van der Waals surface area contributed by atoms with Crippen LogP contribution in [0.2, 0.25) is 0 Å². The minimum absolute atomic E-state index is 0.886. The van der Waals surface area contributed by atoms with E-state index in [0.717, 1.165) is 44.3 Å². The van der Waals surface area contributed by atoms with Crippen LogP contribution in [0.3, 0.4) is 0 Å². The Morgan fingerprint density at radius 1 is 0.500 bits per heavy atom. The summed E-state index contributed by atoms with van der Waals surface area (Å²) in [6.07, 6.45) is 15.2. The average molecular weight is 386 g/mol. The lowest BCUT2D eigenvalue weighted by atomic mass is 10.1. The molecule has 5 rings (SSSR count). The van der Waals surface area contributed by atoms with Gasteiger partial charge in [0.05, 0.1) is 22.4 Å². The quantitative estimate of drug-likeness (QED) is 0.360. The molecule has 0 saturated heterocycles. The van der Waals surface area contributed by atoms with Crippen molar-refractivity contribution in [1.29, 1.82) is 0 Å². The Balaban J connectivity index is 1.55. The minimum atomic E-state index is 0.886. The molecule has 0 aliphatic carbocycles. The fraction of sp³-hybridized carbons (Fsp3) is 0. The minimum Gasteiger partial charge on any atom is -0.264 e. The van der Waals surface area contributed by atoms with Gasteiger partial charge >= 0.3 is 0 Å². The molecule has 4 nitrogen and oxygen atoms in total. The summed E-state index contributed by atoms with van der Waals surface area (Å²) < 4.78 is 0. The third-order valence-electron chi connectivity index (χ3n) is 4.82. The van der Waals surface area contributed by atoms with Crippen molar-refractivity contribution in [3.63, 3.8) is 0 Å². The number of benzene rings is 1. The highest BCUT2D eigenvalue weighted by Crippen LogP contribution is 2.24. The molecule has 142 valence electrons.